The Kier molecular flexibility index (Phi) is 5.17. The van der Waals surface area contributed by atoms with E-state index < -0.39 is 11.9 Å². The first-order chi connectivity index (χ1) is 12.8. The zero-order valence-electron chi connectivity index (χ0n) is 15.8. The molecule has 1 N–H and O–H groups in total. The summed E-state index contributed by atoms with van der Waals surface area (Å²) in [5, 5.41) is 9.64. The number of nitrogens with zero attached hydrogens (tertiary/aromatic N) is 2. The number of hydrogen-bond donors (Lipinski definition) is 1. The second kappa shape index (κ2) is 7.39. The Morgan fingerprint density at radius 3 is 2.41 bits per heavy atom. The van der Waals surface area contributed by atoms with Crippen LogP contribution in [0.25, 0.3) is 0 Å². The standard InChI is InChI=1S/C21H24N2O4/c1-4-23-14(3)10-13(2)18(20(23)25)19(24)22-11-16(17(12-22)21(26)27)15-8-6-5-7-9-15/h5-10,16-17H,4,11-12H2,1-3H3,(H,26,27)/t16-,17+/m1/s1. The summed E-state index contributed by atoms with van der Waals surface area (Å²) in [4.78, 5) is 39.2. The number of likely N-dealkylation sites (tertiary alicyclic amines) is 1. The van der Waals surface area contributed by atoms with E-state index >= 15 is 0 Å². The van der Waals surface area contributed by atoms with Crippen molar-refractivity contribution in [3.63, 3.8) is 0 Å². The molecule has 142 valence electrons. The van der Waals surface area contributed by atoms with Crippen LogP contribution in [0.3, 0.4) is 0 Å². The summed E-state index contributed by atoms with van der Waals surface area (Å²) in [7, 11) is 0. The molecule has 2 heterocycles. The highest BCUT2D eigenvalue weighted by Crippen LogP contribution is 2.33. The summed E-state index contributed by atoms with van der Waals surface area (Å²) in [6.45, 7) is 6.33. The smallest absolute Gasteiger partial charge is 0.308 e. The number of benzene rings is 1. The lowest BCUT2D eigenvalue weighted by molar-refractivity contribution is -0.141. The zero-order valence-corrected chi connectivity index (χ0v) is 15.8. The van der Waals surface area contributed by atoms with Gasteiger partial charge in [0.15, 0.2) is 0 Å². The van der Waals surface area contributed by atoms with Crippen LogP contribution in [-0.4, -0.2) is 39.5 Å². The first kappa shape index (κ1) is 18.9. The monoisotopic (exact) mass is 368 g/mol. The minimum absolute atomic E-state index is 0.104. The number of rotatable bonds is 4. The SMILES string of the molecule is CCn1c(C)cc(C)c(C(=O)N2C[C@H](C(=O)O)[C@@H](c3ccccc3)C2)c1=O. The van der Waals surface area contributed by atoms with Gasteiger partial charge in [-0.25, -0.2) is 0 Å². The van der Waals surface area contributed by atoms with Crippen molar-refractivity contribution in [2.45, 2.75) is 33.2 Å². The van der Waals surface area contributed by atoms with Gasteiger partial charge in [-0.05, 0) is 38.0 Å². The van der Waals surface area contributed by atoms with Crippen LogP contribution in [-0.2, 0) is 11.3 Å². The van der Waals surface area contributed by atoms with E-state index in [0.717, 1.165) is 11.3 Å². The van der Waals surface area contributed by atoms with E-state index in [-0.39, 0.29) is 29.5 Å². The predicted octanol–water partition coefficient (Wildman–Crippen LogP) is 2.43. The summed E-state index contributed by atoms with van der Waals surface area (Å²) in [5.74, 6) is -2.28. The number of carbonyl (C=O) groups is 2. The third-order valence-electron chi connectivity index (χ3n) is 5.39. The van der Waals surface area contributed by atoms with Gasteiger partial charge in [-0.3, -0.25) is 14.4 Å². The topological polar surface area (TPSA) is 79.6 Å². The molecule has 1 aromatic carbocycles. The van der Waals surface area contributed by atoms with Gasteiger partial charge < -0.3 is 14.6 Å². The van der Waals surface area contributed by atoms with Gasteiger partial charge in [-0.2, -0.15) is 0 Å². The summed E-state index contributed by atoms with van der Waals surface area (Å²) in [5.41, 5.74) is 2.16. The molecule has 1 aliphatic heterocycles. The van der Waals surface area contributed by atoms with E-state index in [1.165, 1.54) is 4.90 Å². The van der Waals surface area contributed by atoms with Crippen LogP contribution in [0.2, 0.25) is 0 Å². The number of hydrogen-bond acceptors (Lipinski definition) is 3. The molecule has 27 heavy (non-hydrogen) atoms. The quantitative estimate of drug-likeness (QED) is 0.899. The lowest BCUT2D eigenvalue weighted by atomic mass is 9.89. The Labute approximate surface area is 158 Å². The Morgan fingerprint density at radius 2 is 1.81 bits per heavy atom. The van der Waals surface area contributed by atoms with E-state index in [1.54, 1.807) is 11.5 Å². The Bertz CT molecular complexity index is 933. The normalized spacial score (nSPS) is 19.3. The van der Waals surface area contributed by atoms with Crippen molar-refractivity contribution in [2.75, 3.05) is 13.1 Å². The number of amides is 1. The summed E-state index contributed by atoms with van der Waals surface area (Å²) < 4.78 is 1.57. The van der Waals surface area contributed by atoms with Crippen LogP contribution in [0.1, 0.15) is 40.0 Å². The lowest BCUT2D eigenvalue weighted by Crippen LogP contribution is -2.37. The van der Waals surface area contributed by atoms with Gasteiger partial charge in [-0.1, -0.05) is 30.3 Å². The molecular formula is C21H24N2O4. The fraction of sp³-hybridized carbons (Fsp3) is 0.381. The Balaban J connectivity index is 1.97. The predicted molar refractivity (Wildman–Crippen MR) is 102 cm³/mol. The van der Waals surface area contributed by atoms with Crippen LogP contribution in [0.5, 0.6) is 0 Å². The van der Waals surface area contributed by atoms with Gasteiger partial charge in [0.05, 0.1) is 5.92 Å². The number of aliphatic carboxylic acids is 1. The molecule has 0 aliphatic carbocycles. The number of carbonyl (C=O) groups excluding carboxylic acids is 1. The van der Waals surface area contributed by atoms with E-state index in [9.17, 15) is 19.5 Å². The van der Waals surface area contributed by atoms with Gasteiger partial charge in [0, 0.05) is 31.2 Å². The highest BCUT2D eigenvalue weighted by atomic mass is 16.4. The summed E-state index contributed by atoms with van der Waals surface area (Å²) in [6, 6.07) is 11.2. The van der Waals surface area contributed by atoms with Crippen molar-refractivity contribution in [1.29, 1.82) is 0 Å². The second-order valence-electron chi connectivity index (χ2n) is 7.07. The van der Waals surface area contributed by atoms with Crippen molar-refractivity contribution in [1.82, 2.24) is 9.47 Å². The van der Waals surface area contributed by atoms with E-state index in [2.05, 4.69) is 0 Å². The van der Waals surface area contributed by atoms with Gasteiger partial charge in [-0.15, -0.1) is 0 Å². The van der Waals surface area contributed by atoms with Crippen LogP contribution < -0.4 is 5.56 Å². The van der Waals surface area contributed by atoms with Crippen LogP contribution in [0.15, 0.2) is 41.2 Å². The summed E-state index contributed by atoms with van der Waals surface area (Å²) >= 11 is 0. The molecule has 6 nitrogen and oxygen atoms in total. The van der Waals surface area contributed by atoms with E-state index in [4.69, 9.17) is 0 Å². The Morgan fingerprint density at radius 1 is 1.15 bits per heavy atom. The van der Waals surface area contributed by atoms with Crippen LogP contribution in [0.4, 0.5) is 0 Å². The zero-order chi connectivity index (χ0) is 19.7. The number of aryl methyl sites for hydroxylation is 2. The highest BCUT2D eigenvalue weighted by molar-refractivity contribution is 5.96. The number of carboxylic acid groups (broad SMARTS) is 1. The molecule has 1 aromatic heterocycles. The number of pyridine rings is 1. The minimum Gasteiger partial charge on any atom is -0.481 e. The van der Waals surface area contributed by atoms with Crippen molar-refractivity contribution in [3.05, 3.63) is 69.1 Å². The fourth-order valence-electron chi connectivity index (χ4n) is 4.00. The molecule has 1 fully saturated rings. The van der Waals surface area contributed by atoms with Gasteiger partial charge in [0.25, 0.3) is 11.5 Å². The largest absolute Gasteiger partial charge is 0.481 e. The van der Waals surface area contributed by atoms with Crippen LogP contribution >= 0.6 is 0 Å². The molecule has 1 amide bonds. The maximum absolute atomic E-state index is 13.1. The molecule has 6 heteroatoms. The first-order valence-corrected chi connectivity index (χ1v) is 9.13. The lowest BCUT2D eigenvalue weighted by Gasteiger charge is -2.19. The maximum atomic E-state index is 13.1. The molecule has 0 unspecified atom stereocenters. The van der Waals surface area contributed by atoms with Gasteiger partial charge >= 0.3 is 5.97 Å². The molecule has 1 saturated heterocycles. The molecule has 0 spiro atoms. The Hall–Kier alpha value is -2.89. The molecule has 1 aliphatic rings. The van der Waals surface area contributed by atoms with E-state index in [1.807, 2.05) is 50.2 Å². The minimum atomic E-state index is -0.925. The third-order valence-corrected chi connectivity index (χ3v) is 5.39. The van der Waals surface area contributed by atoms with Gasteiger partial charge in [0.1, 0.15) is 5.56 Å². The van der Waals surface area contributed by atoms with Crippen molar-refractivity contribution in [3.8, 4) is 0 Å². The van der Waals surface area contributed by atoms with Gasteiger partial charge in [0.2, 0.25) is 0 Å². The summed E-state index contributed by atoms with van der Waals surface area (Å²) in [6.07, 6.45) is 0. The molecule has 2 aromatic rings. The second-order valence-corrected chi connectivity index (χ2v) is 7.07. The third kappa shape index (κ3) is 3.39. The maximum Gasteiger partial charge on any atom is 0.308 e. The first-order valence-electron chi connectivity index (χ1n) is 9.13. The molecule has 0 saturated carbocycles. The van der Waals surface area contributed by atoms with Crippen LogP contribution in [0, 0.1) is 19.8 Å². The average molecular weight is 368 g/mol. The number of carboxylic acids is 1. The molecule has 2 atom stereocenters. The average Bonchev–Trinajstić information content (AvgIpc) is 3.08. The molecule has 0 radical (unpaired) electrons. The highest BCUT2D eigenvalue weighted by Gasteiger charge is 2.41. The van der Waals surface area contributed by atoms with Crippen molar-refractivity contribution < 1.29 is 14.7 Å². The molecule has 0 bridgehead atoms. The molecule has 3 rings (SSSR count). The molecular weight excluding hydrogens is 344 g/mol. The van der Waals surface area contributed by atoms with Crippen molar-refractivity contribution in [2.24, 2.45) is 5.92 Å². The van der Waals surface area contributed by atoms with Crippen molar-refractivity contribution >= 4 is 11.9 Å². The van der Waals surface area contributed by atoms with E-state index in [0.29, 0.717) is 18.7 Å². The number of aromatic nitrogens is 1. The fourth-order valence-corrected chi connectivity index (χ4v) is 4.00.